The molecule has 0 saturated carbocycles. The van der Waals surface area contributed by atoms with Gasteiger partial charge in [0.2, 0.25) is 5.91 Å². The van der Waals surface area contributed by atoms with Gasteiger partial charge in [-0.15, -0.1) is 10.2 Å². The summed E-state index contributed by atoms with van der Waals surface area (Å²) in [7, 11) is 0. The summed E-state index contributed by atoms with van der Waals surface area (Å²) in [5.41, 5.74) is -0.841. The number of carbonyl (C=O) groups is 1. The third-order valence-electron chi connectivity index (χ3n) is 3.70. The minimum atomic E-state index is -0.841. The predicted octanol–water partition coefficient (Wildman–Crippen LogP) is 2.61. The molecule has 122 valence electrons. The van der Waals surface area contributed by atoms with E-state index in [1.165, 1.54) is 11.8 Å². The number of hydrogen-bond donors (Lipinski definition) is 1. The van der Waals surface area contributed by atoms with E-state index >= 15 is 0 Å². The highest BCUT2D eigenvalue weighted by atomic mass is 32.2. The summed E-state index contributed by atoms with van der Waals surface area (Å²) in [6, 6.07) is 2.17. The Labute approximate surface area is 136 Å². The van der Waals surface area contributed by atoms with Gasteiger partial charge in [0.25, 0.3) is 0 Å². The monoisotopic (exact) mass is 323 g/mol. The lowest BCUT2D eigenvalue weighted by Gasteiger charge is -2.27. The molecule has 0 aliphatic carbocycles. The number of unbranched alkanes of at least 4 members (excludes halogenated alkanes) is 2. The zero-order chi connectivity index (χ0) is 16.6. The maximum Gasteiger partial charge on any atom is 0.231 e. The number of hydrogen-bond acceptors (Lipinski definition) is 5. The van der Waals surface area contributed by atoms with Gasteiger partial charge < -0.3 is 9.88 Å². The molecule has 0 radical (unpaired) electrons. The smallest absolute Gasteiger partial charge is 0.231 e. The molecule has 1 rings (SSSR count). The zero-order valence-electron chi connectivity index (χ0n) is 13.8. The van der Waals surface area contributed by atoms with Gasteiger partial charge in [0, 0.05) is 6.54 Å². The highest BCUT2D eigenvalue weighted by Gasteiger charge is 2.29. The van der Waals surface area contributed by atoms with Crippen molar-refractivity contribution in [2.45, 2.75) is 64.2 Å². The number of carbonyl (C=O) groups excluding carboxylic acids is 1. The average Bonchev–Trinajstić information content (AvgIpc) is 2.92. The number of nitrogens with zero attached hydrogens (tertiary/aromatic N) is 4. The Morgan fingerprint density at radius 1 is 1.55 bits per heavy atom. The van der Waals surface area contributed by atoms with Crippen LogP contribution in [-0.4, -0.2) is 32.0 Å². The molecule has 1 amide bonds. The van der Waals surface area contributed by atoms with Crippen molar-refractivity contribution in [3.63, 3.8) is 0 Å². The first-order valence-electron chi connectivity index (χ1n) is 7.65. The summed E-state index contributed by atoms with van der Waals surface area (Å²) in [5, 5.41) is 20.7. The Morgan fingerprint density at radius 3 is 2.86 bits per heavy atom. The Kier molecular flexibility index (Phi) is 7.39. The van der Waals surface area contributed by atoms with Crippen LogP contribution in [0, 0.1) is 17.2 Å². The quantitative estimate of drug-likeness (QED) is 0.558. The molecule has 0 aromatic carbocycles. The van der Waals surface area contributed by atoms with Gasteiger partial charge in [-0.3, -0.25) is 4.79 Å². The van der Waals surface area contributed by atoms with Gasteiger partial charge in [-0.05, 0) is 19.3 Å². The molecule has 0 aliphatic heterocycles. The summed E-state index contributed by atoms with van der Waals surface area (Å²) >= 11 is 1.35. The predicted molar refractivity (Wildman–Crippen MR) is 87.3 cm³/mol. The number of thioether (sulfide) groups is 1. The molecule has 6 nitrogen and oxygen atoms in total. The van der Waals surface area contributed by atoms with Crippen molar-refractivity contribution in [3.05, 3.63) is 6.33 Å². The van der Waals surface area contributed by atoms with Crippen LogP contribution in [0.4, 0.5) is 0 Å². The van der Waals surface area contributed by atoms with Crippen molar-refractivity contribution in [1.82, 2.24) is 20.1 Å². The Bertz CT molecular complexity index is 522. The van der Waals surface area contributed by atoms with E-state index in [4.69, 9.17) is 0 Å². The molecule has 1 N–H and O–H groups in total. The first kappa shape index (κ1) is 18.5. The lowest BCUT2D eigenvalue weighted by Crippen LogP contribution is -2.49. The van der Waals surface area contributed by atoms with E-state index in [-0.39, 0.29) is 17.6 Å². The number of aromatic nitrogens is 3. The maximum absolute atomic E-state index is 12.0. The van der Waals surface area contributed by atoms with Crippen LogP contribution >= 0.6 is 11.8 Å². The van der Waals surface area contributed by atoms with Crippen LogP contribution in [0.2, 0.25) is 0 Å². The Morgan fingerprint density at radius 2 is 2.27 bits per heavy atom. The molecule has 22 heavy (non-hydrogen) atoms. The molecule has 0 aliphatic rings. The first-order chi connectivity index (χ1) is 10.4. The molecule has 0 unspecified atom stereocenters. The van der Waals surface area contributed by atoms with E-state index in [1.54, 1.807) is 13.3 Å². The van der Waals surface area contributed by atoms with Crippen LogP contribution in [-0.2, 0) is 11.3 Å². The second-order valence-electron chi connectivity index (χ2n) is 5.82. The molecule has 0 spiro atoms. The fraction of sp³-hybridized carbons (Fsp3) is 0.733. The van der Waals surface area contributed by atoms with E-state index in [0.717, 1.165) is 31.0 Å². The number of nitrogens with one attached hydrogen (secondary N) is 1. The van der Waals surface area contributed by atoms with Crippen LogP contribution in [0.25, 0.3) is 0 Å². The standard InChI is InChI=1S/C15H25N5OS/c1-5-6-7-8-20-11-17-19-14(20)22-9-13(21)18-15(4,10-16)12(2)3/h11-12H,5-9H2,1-4H3,(H,18,21)/t15-/m0/s1. The van der Waals surface area contributed by atoms with Crippen molar-refractivity contribution in [2.24, 2.45) is 5.92 Å². The lowest BCUT2D eigenvalue weighted by atomic mass is 9.90. The van der Waals surface area contributed by atoms with E-state index in [0.29, 0.717) is 0 Å². The van der Waals surface area contributed by atoms with Crippen LogP contribution in [0.5, 0.6) is 0 Å². The van der Waals surface area contributed by atoms with Crippen molar-refractivity contribution in [1.29, 1.82) is 5.26 Å². The fourth-order valence-electron chi connectivity index (χ4n) is 1.80. The van der Waals surface area contributed by atoms with Gasteiger partial charge in [0.05, 0.1) is 11.8 Å². The Balaban J connectivity index is 2.51. The molecule has 7 heteroatoms. The molecule has 1 heterocycles. The van der Waals surface area contributed by atoms with Crippen LogP contribution in [0.3, 0.4) is 0 Å². The average molecular weight is 323 g/mol. The highest BCUT2D eigenvalue weighted by molar-refractivity contribution is 7.99. The van der Waals surface area contributed by atoms with Gasteiger partial charge in [0.1, 0.15) is 11.9 Å². The third-order valence-corrected chi connectivity index (χ3v) is 4.68. The fourth-order valence-corrected chi connectivity index (χ4v) is 2.54. The molecule has 0 saturated heterocycles. The van der Waals surface area contributed by atoms with E-state index in [1.807, 2.05) is 18.4 Å². The number of aryl methyl sites for hydroxylation is 1. The molecule has 0 fully saturated rings. The number of nitriles is 1. The van der Waals surface area contributed by atoms with Gasteiger partial charge in [0.15, 0.2) is 5.16 Å². The number of amides is 1. The largest absolute Gasteiger partial charge is 0.337 e. The summed E-state index contributed by atoms with van der Waals surface area (Å²) in [5.74, 6) is 0.117. The zero-order valence-corrected chi connectivity index (χ0v) is 14.6. The summed E-state index contributed by atoms with van der Waals surface area (Å²) in [6.45, 7) is 8.61. The van der Waals surface area contributed by atoms with Crippen LogP contribution in [0.15, 0.2) is 11.5 Å². The second-order valence-corrected chi connectivity index (χ2v) is 6.76. The van der Waals surface area contributed by atoms with Gasteiger partial charge in [-0.1, -0.05) is 45.4 Å². The third kappa shape index (κ3) is 5.34. The number of rotatable bonds is 9. The van der Waals surface area contributed by atoms with Crippen LogP contribution < -0.4 is 5.32 Å². The second kappa shape index (κ2) is 8.79. The SMILES string of the molecule is CCCCCn1cnnc1SCC(=O)N[C@@](C)(C#N)C(C)C. The van der Waals surface area contributed by atoms with E-state index < -0.39 is 5.54 Å². The minimum Gasteiger partial charge on any atom is -0.337 e. The summed E-state index contributed by atoms with van der Waals surface area (Å²) in [6.07, 6.45) is 5.10. The van der Waals surface area contributed by atoms with E-state index in [9.17, 15) is 10.1 Å². The first-order valence-corrected chi connectivity index (χ1v) is 8.64. The van der Waals surface area contributed by atoms with Gasteiger partial charge in [-0.2, -0.15) is 5.26 Å². The van der Waals surface area contributed by atoms with Gasteiger partial charge in [-0.25, -0.2) is 0 Å². The topological polar surface area (TPSA) is 83.6 Å². The summed E-state index contributed by atoms with van der Waals surface area (Å²) < 4.78 is 1.97. The van der Waals surface area contributed by atoms with E-state index in [2.05, 4.69) is 28.5 Å². The lowest BCUT2D eigenvalue weighted by molar-refractivity contribution is -0.120. The minimum absolute atomic E-state index is 0.0455. The van der Waals surface area contributed by atoms with Crippen molar-refractivity contribution in [2.75, 3.05) is 5.75 Å². The molecule has 0 bridgehead atoms. The normalized spacial score (nSPS) is 13.6. The molecule has 1 atom stereocenters. The molecular weight excluding hydrogens is 298 g/mol. The van der Waals surface area contributed by atoms with Crippen LogP contribution in [0.1, 0.15) is 47.0 Å². The highest BCUT2D eigenvalue weighted by Crippen LogP contribution is 2.18. The van der Waals surface area contributed by atoms with Crippen molar-refractivity contribution >= 4 is 17.7 Å². The summed E-state index contributed by atoms with van der Waals surface area (Å²) in [4.78, 5) is 12.0. The van der Waals surface area contributed by atoms with Crippen molar-refractivity contribution < 1.29 is 4.79 Å². The Hall–Kier alpha value is -1.55. The van der Waals surface area contributed by atoms with Gasteiger partial charge >= 0.3 is 0 Å². The molecule has 1 aromatic rings. The molecule has 1 aromatic heterocycles. The maximum atomic E-state index is 12.0. The molecular formula is C15H25N5OS. The van der Waals surface area contributed by atoms with Crippen molar-refractivity contribution in [3.8, 4) is 6.07 Å².